The van der Waals surface area contributed by atoms with Crippen LogP contribution in [0.3, 0.4) is 0 Å². The van der Waals surface area contributed by atoms with Gasteiger partial charge in [0, 0.05) is 10.9 Å². The molecule has 1 unspecified atom stereocenters. The molecule has 0 amide bonds. The molecule has 0 bridgehead atoms. The van der Waals surface area contributed by atoms with Crippen LogP contribution < -0.4 is 0 Å². The number of pyridine rings is 1. The number of carbonyl (C=O) groups excluding carboxylic acids is 1. The van der Waals surface area contributed by atoms with Crippen molar-refractivity contribution >= 4 is 34.2 Å². The number of aromatic nitrogens is 1. The number of hydrogen-bond donors (Lipinski definition) is 2. The van der Waals surface area contributed by atoms with Crippen molar-refractivity contribution in [2.75, 3.05) is 0 Å². The van der Waals surface area contributed by atoms with Crippen molar-refractivity contribution in [1.29, 1.82) is 0 Å². The summed E-state index contributed by atoms with van der Waals surface area (Å²) in [6.45, 7) is 3.71. The number of benzene rings is 1. The molecule has 0 spiro atoms. The van der Waals surface area contributed by atoms with E-state index in [-0.39, 0.29) is 11.1 Å². The Labute approximate surface area is 143 Å². The number of aliphatic carboxylic acids is 1. The fourth-order valence-corrected chi connectivity index (χ4v) is 3.43. The van der Waals surface area contributed by atoms with Crippen molar-refractivity contribution in [2.24, 2.45) is 5.92 Å². The highest BCUT2D eigenvalue weighted by Gasteiger charge is 2.38. The highest BCUT2D eigenvalue weighted by molar-refractivity contribution is 6.17. The molecule has 2 aromatic rings. The van der Waals surface area contributed by atoms with Crippen molar-refractivity contribution in [3.8, 4) is 0 Å². The first-order valence-corrected chi connectivity index (χ1v) is 8.06. The van der Waals surface area contributed by atoms with E-state index < -0.39 is 23.6 Å². The number of ketones is 1. The van der Waals surface area contributed by atoms with Crippen LogP contribution in [0.5, 0.6) is 0 Å². The first kappa shape index (κ1) is 16.8. The Morgan fingerprint density at radius 3 is 2.40 bits per heavy atom. The summed E-state index contributed by atoms with van der Waals surface area (Å²) in [5, 5.41) is 19.3. The van der Waals surface area contributed by atoms with Gasteiger partial charge in [0.25, 0.3) is 0 Å². The van der Waals surface area contributed by atoms with E-state index in [4.69, 9.17) is 5.11 Å². The van der Waals surface area contributed by atoms with Crippen LogP contribution >= 0.6 is 0 Å². The highest BCUT2D eigenvalue weighted by Crippen LogP contribution is 2.38. The molecule has 1 atom stereocenters. The van der Waals surface area contributed by atoms with Gasteiger partial charge < -0.3 is 10.2 Å². The molecule has 0 fully saturated rings. The third-order valence-electron chi connectivity index (χ3n) is 4.60. The zero-order valence-corrected chi connectivity index (χ0v) is 13.9. The Bertz CT molecular complexity index is 958. The van der Waals surface area contributed by atoms with E-state index in [0.29, 0.717) is 35.0 Å². The van der Waals surface area contributed by atoms with E-state index in [1.807, 2.05) is 13.8 Å². The molecule has 2 N–H and O–H groups in total. The van der Waals surface area contributed by atoms with Gasteiger partial charge in [-0.05, 0) is 42.2 Å². The molecule has 0 saturated heterocycles. The topological polar surface area (TPSA) is 105 Å². The second-order valence-electron chi connectivity index (χ2n) is 5.94. The zero-order valence-electron chi connectivity index (χ0n) is 13.9. The van der Waals surface area contributed by atoms with Gasteiger partial charge in [-0.1, -0.05) is 19.9 Å². The minimum atomic E-state index is -1.18. The van der Waals surface area contributed by atoms with Gasteiger partial charge >= 0.3 is 11.9 Å². The average molecular weight is 339 g/mol. The van der Waals surface area contributed by atoms with E-state index in [2.05, 4.69) is 4.98 Å². The molecular weight excluding hydrogens is 322 g/mol. The molecule has 25 heavy (non-hydrogen) atoms. The number of fused-ring (bicyclic) bond motifs is 2. The fraction of sp³-hybridized carbons (Fsp3) is 0.263. The van der Waals surface area contributed by atoms with Crippen LogP contribution in [0.4, 0.5) is 0 Å². The van der Waals surface area contributed by atoms with Crippen LogP contribution in [0, 0.1) is 5.92 Å². The highest BCUT2D eigenvalue weighted by atomic mass is 16.4. The third kappa shape index (κ3) is 2.59. The van der Waals surface area contributed by atoms with Crippen LogP contribution in [0.15, 0.2) is 29.8 Å². The second-order valence-corrected chi connectivity index (χ2v) is 5.94. The molecule has 1 aliphatic rings. The Kier molecular flexibility index (Phi) is 4.12. The summed E-state index contributed by atoms with van der Waals surface area (Å²) >= 11 is 0. The number of hydrogen-bond acceptors (Lipinski definition) is 4. The van der Waals surface area contributed by atoms with Crippen molar-refractivity contribution in [3.05, 3.63) is 46.7 Å². The van der Waals surface area contributed by atoms with Gasteiger partial charge in [-0.15, -0.1) is 0 Å². The van der Waals surface area contributed by atoms with Crippen molar-refractivity contribution in [1.82, 2.24) is 4.98 Å². The molecular formula is C19H17NO5. The van der Waals surface area contributed by atoms with Gasteiger partial charge in [-0.2, -0.15) is 0 Å². The molecule has 3 rings (SSSR count). The van der Waals surface area contributed by atoms with Crippen molar-refractivity contribution in [2.45, 2.75) is 26.7 Å². The number of carbonyl (C=O) groups is 3. The minimum absolute atomic E-state index is 0.114. The summed E-state index contributed by atoms with van der Waals surface area (Å²) in [4.78, 5) is 40.1. The first-order chi connectivity index (χ1) is 11.9. The van der Waals surface area contributed by atoms with Crippen LogP contribution in [-0.4, -0.2) is 32.9 Å². The van der Waals surface area contributed by atoms with Gasteiger partial charge in [0.05, 0.1) is 16.8 Å². The predicted octanol–water partition coefficient (Wildman–Crippen LogP) is 3.40. The molecule has 1 heterocycles. The third-order valence-corrected chi connectivity index (χ3v) is 4.60. The number of carboxylic acids is 2. The monoisotopic (exact) mass is 339 g/mol. The molecule has 0 aliphatic heterocycles. The van der Waals surface area contributed by atoms with Gasteiger partial charge in [-0.25, -0.2) is 9.78 Å². The van der Waals surface area contributed by atoms with Gasteiger partial charge in [0.1, 0.15) is 5.92 Å². The Morgan fingerprint density at radius 1 is 1.12 bits per heavy atom. The molecule has 0 saturated carbocycles. The molecule has 1 aliphatic carbocycles. The molecule has 0 radical (unpaired) electrons. The fourth-order valence-electron chi connectivity index (χ4n) is 3.43. The summed E-state index contributed by atoms with van der Waals surface area (Å²) in [6.07, 6.45) is 0.991. The Balaban J connectivity index is 2.33. The number of aromatic carboxylic acids is 1. The number of carboxylic acid groups (broad SMARTS) is 2. The van der Waals surface area contributed by atoms with E-state index in [1.165, 1.54) is 12.1 Å². The summed E-state index contributed by atoms with van der Waals surface area (Å²) in [5.41, 5.74) is 2.68. The maximum Gasteiger partial charge on any atom is 0.335 e. The smallest absolute Gasteiger partial charge is 0.335 e. The molecule has 1 aromatic heterocycles. The quantitative estimate of drug-likeness (QED) is 0.827. The second kappa shape index (κ2) is 6.12. The maximum absolute atomic E-state index is 12.8. The Hall–Kier alpha value is -3.02. The van der Waals surface area contributed by atoms with E-state index >= 15 is 0 Å². The van der Waals surface area contributed by atoms with Crippen molar-refractivity contribution < 1.29 is 24.6 Å². The summed E-state index contributed by atoms with van der Waals surface area (Å²) in [7, 11) is 0. The Morgan fingerprint density at radius 2 is 1.84 bits per heavy atom. The van der Waals surface area contributed by atoms with Crippen molar-refractivity contribution in [3.63, 3.8) is 0 Å². The predicted molar refractivity (Wildman–Crippen MR) is 91.7 cm³/mol. The average Bonchev–Trinajstić information content (AvgIpc) is 2.59. The summed E-state index contributed by atoms with van der Waals surface area (Å²) < 4.78 is 0. The number of Topliss-reactive ketones (excluding diaryl/α,β-unsaturated/α-hetero) is 1. The van der Waals surface area contributed by atoms with Crippen LogP contribution in [0.1, 0.15) is 53.1 Å². The van der Waals surface area contributed by atoms with Gasteiger partial charge in [-0.3, -0.25) is 9.59 Å². The van der Waals surface area contributed by atoms with E-state index in [9.17, 15) is 19.5 Å². The first-order valence-electron chi connectivity index (χ1n) is 8.06. The lowest BCUT2D eigenvalue weighted by atomic mass is 9.77. The maximum atomic E-state index is 12.8. The lowest BCUT2D eigenvalue weighted by molar-refractivity contribution is -0.138. The van der Waals surface area contributed by atoms with E-state index in [1.54, 1.807) is 12.1 Å². The largest absolute Gasteiger partial charge is 0.480 e. The zero-order chi connectivity index (χ0) is 18.3. The molecule has 128 valence electrons. The van der Waals surface area contributed by atoms with Gasteiger partial charge in [0.15, 0.2) is 5.78 Å². The summed E-state index contributed by atoms with van der Waals surface area (Å²) in [5.74, 6) is -3.85. The minimum Gasteiger partial charge on any atom is -0.480 e. The van der Waals surface area contributed by atoms with Gasteiger partial charge in [0.2, 0.25) is 0 Å². The lowest BCUT2D eigenvalue weighted by Crippen LogP contribution is -2.31. The molecule has 1 aromatic carbocycles. The lowest BCUT2D eigenvalue weighted by Gasteiger charge is -2.26. The number of allylic oxidation sites excluding steroid dienone is 1. The molecule has 6 heteroatoms. The SMILES string of the molecule is CCC1=C(CC)C(C(=O)O)C(=O)c2cc3ccc(C(=O)O)cc3nc21. The van der Waals surface area contributed by atoms with Crippen LogP contribution in [0.2, 0.25) is 0 Å². The summed E-state index contributed by atoms with van der Waals surface area (Å²) in [6, 6.07) is 6.10. The number of rotatable bonds is 4. The molecule has 6 nitrogen and oxygen atoms in total. The van der Waals surface area contributed by atoms with Crippen LogP contribution in [0.25, 0.3) is 16.5 Å². The van der Waals surface area contributed by atoms with E-state index in [0.717, 1.165) is 5.57 Å². The number of nitrogens with zero attached hydrogens (tertiary/aromatic N) is 1. The van der Waals surface area contributed by atoms with Crippen LogP contribution in [-0.2, 0) is 4.79 Å². The standard InChI is InChI=1S/C19H17NO5/c1-3-11-12(4-2)16-13(17(21)15(11)19(24)25)7-9-5-6-10(18(22)23)8-14(9)20-16/h5-8,15H,3-4H2,1-2H3,(H,22,23)(H,24,25). The normalized spacial score (nSPS) is 16.9.